The number of esters is 1. The lowest BCUT2D eigenvalue weighted by Gasteiger charge is -2.13. The van der Waals surface area contributed by atoms with E-state index in [1.54, 1.807) is 36.4 Å². The van der Waals surface area contributed by atoms with Gasteiger partial charge >= 0.3 is 5.97 Å². The Labute approximate surface area is 158 Å². The third-order valence-electron chi connectivity index (χ3n) is 3.62. The fourth-order valence-corrected chi connectivity index (χ4v) is 3.00. The molecule has 0 unspecified atom stereocenters. The number of pyridine rings is 1. The summed E-state index contributed by atoms with van der Waals surface area (Å²) in [6.07, 6.45) is 0. The van der Waals surface area contributed by atoms with E-state index in [0.717, 1.165) is 6.92 Å². The van der Waals surface area contributed by atoms with Crippen LogP contribution in [0.5, 0.6) is 23.0 Å². The van der Waals surface area contributed by atoms with E-state index in [9.17, 15) is 14.7 Å². The molecular formula is C18H13Cl2NO5. The zero-order valence-corrected chi connectivity index (χ0v) is 15.3. The number of aromatic hydroxyl groups is 1. The molecule has 1 heterocycles. The number of benzene rings is 2. The average Bonchev–Trinajstić information content (AvgIpc) is 2.55. The Hall–Kier alpha value is -2.70. The first-order valence-electron chi connectivity index (χ1n) is 7.44. The molecule has 0 aliphatic rings. The Bertz CT molecular complexity index is 1070. The van der Waals surface area contributed by atoms with Crippen molar-refractivity contribution in [3.8, 4) is 23.0 Å². The van der Waals surface area contributed by atoms with Crippen LogP contribution in [0.1, 0.15) is 6.92 Å². The number of hydrogen-bond donors (Lipinski definition) is 1. The van der Waals surface area contributed by atoms with Crippen molar-refractivity contribution in [3.05, 3.63) is 56.8 Å². The van der Waals surface area contributed by atoms with Crippen LogP contribution in [0.15, 0.2) is 41.2 Å². The smallest absolute Gasteiger partial charge is 0.308 e. The normalized spacial score (nSPS) is 10.8. The van der Waals surface area contributed by atoms with Gasteiger partial charge in [0.15, 0.2) is 5.75 Å². The van der Waals surface area contributed by atoms with Gasteiger partial charge in [0.25, 0.3) is 5.56 Å². The molecular weight excluding hydrogens is 381 g/mol. The molecule has 0 aliphatic carbocycles. The summed E-state index contributed by atoms with van der Waals surface area (Å²) >= 11 is 11.9. The predicted octanol–water partition coefficient (Wildman–Crippen LogP) is 4.27. The van der Waals surface area contributed by atoms with Crippen LogP contribution in [0, 0.1) is 0 Å². The molecule has 1 N–H and O–H groups in total. The number of rotatable bonds is 3. The van der Waals surface area contributed by atoms with Crippen LogP contribution in [-0.4, -0.2) is 15.6 Å². The second kappa shape index (κ2) is 6.90. The minimum Gasteiger partial charge on any atom is -0.504 e. The highest BCUT2D eigenvalue weighted by Gasteiger charge is 2.18. The molecule has 0 radical (unpaired) electrons. The van der Waals surface area contributed by atoms with Crippen LogP contribution in [0.2, 0.25) is 10.0 Å². The maximum Gasteiger partial charge on any atom is 0.308 e. The van der Waals surface area contributed by atoms with Crippen LogP contribution in [0.4, 0.5) is 0 Å². The van der Waals surface area contributed by atoms with Crippen molar-refractivity contribution in [3.63, 3.8) is 0 Å². The highest BCUT2D eigenvalue weighted by molar-refractivity contribution is 6.34. The molecule has 6 nitrogen and oxygen atoms in total. The summed E-state index contributed by atoms with van der Waals surface area (Å²) in [6.45, 7) is 1.15. The minimum absolute atomic E-state index is 0.333. The molecule has 3 rings (SSSR count). The first kappa shape index (κ1) is 18.1. The number of nitrogens with zero attached hydrogens (tertiary/aromatic N) is 1. The molecule has 0 amide bonds. The fraction of sp³-hybridized carbons (Fsp3) is 0.111. The third-order valence-corrected chi connectivity index (χ3v) is 4.05. The number of ether oxygens (including phenoxy) is 2. The zero-order valence-electron chi connectivity index (χ0n) is 13.7. The fourth-order valence-electron chi connectivity index (χ4n) is 2.50. The van der Waals surface area contributed by atoms with Crippen LogP contribution in [0.3, 0.4) is 0 Å². The average molecular weight is 394 g/mol. The lowest BCUT2D eigenvalue weighted by molar-refractivity contribution is -0.132. The number of halogens is 2. The van der Waals surface area contributed by atoms with Gasteiger partial charge in [0.05, 0.1) is 5.52 Å². The van der Waals surface area contributed by atoms with Gasteiger partial charge in [-0.1, -0.05) is 23.2 Å². The highest BCUT2D eigenvalue weighted by atomic mass is 35.5. The molecule has 2 aromatic carbocycles. The molecule has 0 aliphatic heterocycles. The molecule has 8 heteroatoms. The van der Waals surface area contributed by atoms with Gasteiger partial charge in [-0.2, -0.15) is 0 Å². The van der Waals surface area contributed by atoms with E-state index in [1.807, 2.05) is 0 Å². The summed E-state index contributed by atoms with van der Waals surface area (Å²) in [6, 6.07) is 9.49. The summed E-state index contributed by atoms with van der Waals surface area (Å²) in [4.78, 5) is 23.5. The molecule has 0 atom stereocenters. The maximum absolute atomic E-state index is 12.3. The van der Waals surface area contributed by atoms with Crippen molar-refractivity contribution in [2.24, 2.45) is 7.05 Å². The van der Waals surface area contributed by atoms with Gasteiger partial charge < -0.3 is 19.1 Å². The van der Waals surface area contributed by atoms with Crippen LogP contribution < -0.4 is 15.0 Å². The Morgan fingerprint density at radius 2 is 1.73 bits per heavy atom. The van der Waals surface area contributed by atoms with Gasteiger partial charge in [-0.3, -0.25) is 9.59 Å². The molecule has 0 bridgehead atoms. The van der Waals surface area contributed by atoms with Crippen molar-refractivity contribution >= 4 is 40.1 Å². The molecule has 0 saturated carbocycles. The Kier molecular flexibility index (Phi) is 4.80. The Morgan fingerprint density at radius 1 is 1.08 bits per heavy atom. The van der Waals surface area contributed by atoms with Crippen LogP contribution in [0.25, 0.3) is 10.9 Å². The van der Waals surface area contributed by atoms with Crippen LogP contribution >= 0.6 is 23.2 Å². The van der Waals surface area contributed by atoms with E-state index in [0.29, 0.717) is 32.4 Å². The molecule has 134 valence electrons. The van der Waals surface area contributed by atoms with Gasteiger partial charge in [0, 0.05) is 35.5 Å². The number of carbonyl (C=O) groups is 1. The zero-order chi connectivity index (χ0) is 19.0. The van der Waals surface area contributed by atoms with Crippen molar-refractivity contribution in [2.75, 3.05) is 0 Å². The Morgan fingerprint density at radius 3 is 2.35 bits per heavy atom. The van der Waals surface area contributed by atoms with E-state index in [1.165, 1.54) is 11.6 Å². The molecule has 0 spiro atoms. The molecule has 0 saturated heterocycles. The van der Waals surface area contributed by atoms with Gasteiger partial charge in [-0.25, -0.2) is 0 Å². The van der Waals surface area contributed by atoms with E-state index in [2.05, 4.69) is 0 Å². The molecule has 26 heavy (non-hydrogen) atoms. The van der Waals surface area contributed by atoms with E-state index < -0.39 is 23.0 Å². The quantitative estimate of drug-likeness (QED) is 0.672. The van der Waals surface area contributed by atoms with Gasteiger partial charge in [0.2, 0.25) is 5.75 Å². The minimum atomic E-state index is -0.700. The summed E-state index contributed by atoms with van der Waals surface area (Å²) in [5.41, 5.74) is -0.248. The largest absolute Gasteiger partial charge is 0.504 e. The number of fused-ring (bicyclic) bond motifs is 1. The van der Waals surface area contributed by atoms with E-state index in [4.69, 9.17) is 32.7 Å². The lowest BCUT2D eigenvalue weighted by atomic mass is 10.1. The van der Waals surface area contributed by atoms with Gasteiger partial charge in [-0.15, -0.1) is 0 Å². The SMILES string of the molecule is CC(=O)Oc1c(O)c2ccc(Oc3cc(Cl)cc(Cl)c3)cc2n(C)c1=O. The van der Waals surface area contributed by atoms with E-state index >= 15 is 0 Å². The first-order valence-corrected chi connectivity index (χ1v) is 8.20. The lowest BCUT2D eigenvalue weighted by Crippen LogP contribution is -2.21. The Balaban J connectivity index is 2.10. The standard InChI is InChI=1S/C18H13Cl2NO5/c1-9(22)25-17-16(23)14-4-3-12(8-15(14)21(2)18(17)24)26-13-6-10(19)5-11(20)7-13/h3-8,23H,1-2H3. The molecule has 1 aromatic heterocycles. The summed E-state index contributed by atoms with van der Waals surface area (Å²) < 4.78 is 11.8. The molecule has 0 fully saturated rings. The first-order chi connectivity index (χ1) is 12.3. The second-order valence-corrected chi connectivity index (χ2v) is 6.39. The maximum atomic E-state index is 12.3. The summed E-state index contributed by atoms with van der Waals surface area (Å²) in [5.74, 6) is -0.689. The number of hydrogen-bond acceptors (Lipinski definition) is 5. The van der Waals surface area contributed by atoms with E-state index in [-0.39, 0.29) is 0 Å². The number of aryl methyl sites for hydroxylation is 1. The summed E-state index contributed by atoms with van der Waals surface area (Å²) in [7, 11) is 1.50. The van der Waals surface area contributed by atoms with Gasteiger partial charge in [0.1, 0.15) is 11.5 Å². The summed E-state index contributed by atoms with van der Waals surface area (Å²) in [5, 5.41) is 11.5. The van der Waals surface area contributed by atoms with Gasteiger partial charge in [-0.05, 0) is 30.3 Å². The van der Waals surface area contributed by atoms with Crippen molar-refractivity contribution in [1.82, 2.24) is 4.57 Å². The predicted molar refractivity (Wildman–Crippen MR) is 98.7 cm³/mol. The second-order valence-electron chi connectivity index (χ2n) is 5.52. The number of carbonyl (C=O) groups excluding carboxylic acids is 1. The number of aromatic nitrogens is 1. The topological polar surface area (TPSA) is 77.8 Å². The van der Waals surface area contributed by atoms with Crippen molar-refractivity contribution in [1.29, 1.82) is 0 Å². The van der Waals surface area contributed by atoms with Crippen molar-refractivity contribution < 1.29 is 19.4 Å². The monoisotopic (exact) mass is 393 g/mol. The molecule has 3 aromatic rings. The van der Waals surface area contributed by atoms with Crippen LogP contribution in [-0.2, 0) is 11.8 Å². The third kappa shape index (κ3) is 3.47. The highest BCUT2D eigenvalue weighted by Crippen LogP contribution is 2.35. The van der Waals surface area contributed by atoms with Crippen molar-refractivity contribution in [2.45, 2.75) is 6.92 Å².